The molecule has 2 aromatic carbocycles. The molecule has 3 rings (SSSR count). The van der Waals surface area contributed by atoms with E-state index in [9.17, 15) is 18.0 Å². The Labute approximate surface area is 139 Å². The van der Waals surface area contributed by atoms with Gasteiger partial charge in [0.2, 0.25) is 9.84 Å². The molecule has 1 heterocycles. The van der Waals surface area contributed by atoms with Crippen LogP contribution in [0.4, 0.5) is 0 Å². The lowest BCUT2D eigenvalue weighted by atomic mass is 10.0. The molecule has 0 aliphatic carbocycles. The summed E-state index contributed by atoms with van der Waals surface area (Å²) in [6.07, 6.45) is 0. The van der Waals surface area contributed by atoms with Crippen molar-refractivity contribution in [2.24, 2.45) is 0 Å². The van der Waals surface area contributed by atoms with Crippen LogP contribution in [0.15, 0.2) is 65.1 Å². The molecule has 24 heavy (non-hydrogen) atoms. The number of esters is 1. The van der Waals surface area contributed by atoms with Gasteiger partial charge in [-0.2, -0.15) is 0 Å². The van der Waals surface area contributed by atoms with E-state index in [0.29, 0.717) is 5.56 Å². The lowest BCUT2D eigenvalue weighted by Gasteiger charge is -2.22. The molecule has 122 valence electrons. The zero-order valence-electron chi connectivity index (χ0n) is 12.9. The molecule has 0 amide bonds. The van der Waals surface area contributed by atoms with Gasteiger partial charge in [0.15, 0.2) is 5.78 Å². The molecule has 0 fully saturated rings. The minimum atomic E-state index is -3.90. The molecule has 6 heteroatoms. The fourth-order valence-electron chi connectivity index (χ4n) is 2.65. The van der Waals surface area contributed by atoms with Crippen LogP contribution in [0, 0.1) is 0 Å². The maximum Gasteiger partial charge on any atom is 0.302 e. The second kappa shape index (κ2) is 6.05. The maximum atomic E-state index is 13.1. The van der Waals surface area contributed by atoms with Crippen molar-refractivity contribution in [3.8, 4) is 0 Å². The zero-order chi connectivity index (χ0) is 17.3. The molecular weight excluding hydrogens is 328 g/mol. The number of benzene rings is 2. The van der Waals surface area contributed by atoms with Crippen molar-refractivity contribution >= 4 is 26.5 Å². The average Bonchev–Trinajstić information content (AvgIpc) is 2.57. The van der Waals surface area contributed by atoms with Gasteiger partial charge < -0.3 is 4.74 Å². The highest BCUT2D eigenvalue weighted by molar-refractivity contribution is 8.01. The molecule has 0 radical (unpaired) electrons. The summed E-state index contributed by atoms with van der Waals surface area (Å²) in [7, 11) is -3.90. The topological polar surface area (TPSA) is 77.5 Å². The first-order chi connectivity index (χ1) is 11.4. The number of ether oxygens (including phenoxy) is 1. The van der Waals surface area contributed by atoms with Gasteiger partial charge in [-0.05, 0) is 17.7 Å². The molecular formula is C18H14O5S. The third-order valence-electron chi connectivity index (χ3n) is 3.69. The highest BCUT2D eigenvalue weighted by Crippen LogP contribution is 2.38. The molecule has 0 bridgehead atoms. The number of Topliss-reactive ketones (excluding diaryl/α,β-unsaturated/α-hetero) is 1. The second-order valence-electron chi connectivity index (χ2n) is 5.28. The summed E-state index contributed by atoms with van der Waals surface area (Å²) in [5, 5.41) is 0. The van der Waals surface area contributed by atoms with Crippen LogP contribution >= 0.6 is 0 Å². The first-order valence-electron chi connectivity index (χ1n) is 7.23. The van der Waals surface area contributed by atoms with Crippen molar-refractivity contribution < 1.29 is 22.7 Å². The fourth-order valence-corrected chi connectivity index (χ4v) is 4.50. The molecule has 0 aromatic heterocycles. The van der Waals surface area contributed by atoms with Crippen molar-refractivity contribution in [2.75, 3.05) is 6.61 Å². The van der Waals surface area contributed by atoms with Gasteiger partial charge in [0.25, 0.3) is 0 Å². The van der Waals surface area contributed by atoms with Gasteiger partial charge in [-0.1, -0.05) is 42.5 Å². The maximum absolute atomic E-state index is 13.1. The predicted molar refractivity (Wildman–Crippen MR) is 88.0 cm³/mol. The molecule has 0 N–H and O–H groups in total. The molecule has 2 aromatic rings. The third kappa shape index (κ3) is 2.65. The third-order valence-corrected chi connectivity index (χ3v) is 5.65. The van der Waals surface area contributed by atoms with Crippen LogP contribution < -0.4 is 0 Å². The van der Waals surface area contributed by atoms with Crippen molar-refractivity contribution in [3.63, 3.8) is 0 Å². The van der Waals surface area contributed by atoms with E-state index in [0.717, 1.165) is 0 Å². The van der Waals surface area contributed by atoms with E-state index >= 15 is 0 Å². The molecule has 1 aliphatic heterocycles. The zero-order valence-corrected chi connectivity index (χ0v) is 13.7. The Hall–Kier alpha value is -2.73. The van der Waals surface area contributed by atoms with Crippen LogP contribution in [-0.2, 0) is 19.4 Å². The van der Waals surface area contributed by atoms with E-state index in [1.807, 2.05) is 0 Å². The number of hydrogen-bond acceptors (Lipinski definition) is 5. The Balaban J connectivity index is 2.29. The van der Waals surface area contributed by atoms with Gasteiger partial charge in [-0.3, -0.25) is 9.59 Å². The van der Waals surface area contributed by atoms with Crippen LogP contribution in [0.3, 0.4) is 0 Å². The molecule has 1 aliphatic rings. The van der Waals surface area contributed by atoms with Crippen LogP contribution in [0.5, 0.6) is 0 Å². The second-order valence-corrected chi connectivity index (χ2v) is 7.14. The lowest BCUT2D eigenvalue weighted by Crippen LogP contribution is -2.24. The van der Waals surface area contributed by atoms with E-state index < -0.39 is 21.6 Å². The summed E-state index contributed by atoms with van der Waals surface area (Å²) >= 11 is 0. The Bertz CT molecular complexity index is 956. The van der Waals surface area contributed by atoms with E-state index in [4.69, 9.17) is 4.74 Å². The van der Waals surface area contributed by atoms with Crippen LogP contribution in [-0.4, -0.2) is 26.8 Å². The minimum absolute atomic E-state index is 0.0274. The van der Waals surface area contributed by atoms with Crippen molar-refractivity contribution in [1.82, 2.24) is 0 Å². The highest BCUT2D eigenvalue weighted by Gasteiger charge is 2.37. The van der Waals surface area contributed by atoms with Crippen molar-refractivity contribution in [1.29, 1.82) is 0 Å². The summed E-state index contributed by atoms with van der Waals surface area (Å²) < 4.78 is 31.0. The largest absolute Gasteiger partial charge is 0.461 e. The Morgan fingerprint density at radius 3 is 2.29 bits per heavy atom. The van der Waals surface area contributed by atoms with Crippen molar-refractivity contribution in [2.45, 2.75) is 11.8 Å². The van der Waals surface area contributed by atoms with Gasteiger partial charge in [0.05, 0.1) is 15.4 Å². The first kappa shape index (κ1) is 16.1. The predicted octanol–water partition coefficient (Wildman–Crippen LogP) is 2.63. The molecule has 0 spiro atoms. The number of ketones is 1. The molecule has 0 saturated carbocycles. The number of rotatable bonds is 3. The van der Waals surface area contributed by atoms with Crippen LogP contribution in [0.2, 0.25) is 0 Å². The standard InChI is InChI=1S/C18H14O5S/c1-12(19)23-11-15-17(20)14-9-5-6-10-16(14)24(21,22)18(15)13-7-3-2-4-8-13/h2-10H,11H2,1H3. The van der Waals surface area contributed by atoms with Gasteiger partial charge in [0.1, 0.15) is 6.61 Å². The monoisotopic (exact) mass is 342 g/mol. The highest BCUT2D eigenvalue weighted by atomic mass is 32.2. The molecule has 0 atom stereocenters. The average molecular weight is 342 g/mol. The summed E-state index contributed by atoms with van der Waals surface area (Å²) in [6.45, 7) is 0.824. The summed E-state index contributed by atoms with van der Waals surface area (Å²) in [5.74, 6) is -1.03. The molecule has 0 saturated heterocycles. The fraction of sp³-hybridized carbons (Fsp3) is 0.111. The Morgan fingerprint density at radius 2 is 1.62 bits per heavy atom. The number of sulfone groups is 1. The first-order valence-corrected chi connectivity index (χ1v) is 8.72. The smallest absolute Gasteiger partial charge is 0.302 e. The van der Waals surface area contributed by atoms with E-state index in [2.05, 4.69) is 0 Å². The number of carbonyl (C=O) groups excluding carboxylic acids is 2. The quantitative estimate of drug-likeness (QED) is 0.801. The Kier molecular flexibility index (Phi) is 4.07. The van der Waals surface area contributed by atoms with E-state index in [1.165, 1.54) is 19.1 Å². The summed E-state index contributed by atoms with van der Waals surface area (Å²) in [6, 6.07) is 14.4. The SMILES string of the molecule is CC(=O)OCC1=C(c2ccccc2)S(=O)(=O)c2ccccc2C1=O. The van der Waals surface area contributed by atoms with Gasteiger partial charge >= 0.3 is 5.97 Å². The minimum Gasteiger partial charge on any atom is -0.461 e. The summed E-state index contributed by atoms with van der Waals surface area (Å²) in [5.41, 5.74) is 0.455. The van der Waals surface area contributed by atoms with Crippen LogP contribution in [0.1, 0.15) is 22.8 Å². The normalized spacial score (nSPS) is 15.8. The molecule has 5 nitrogen and oxygen atoms in total. The lowest BCUT2D eigenvalue weighted by molar-refractivity contribution is -0.139. The van der Waals surface area contributed by atoms with Gasteiger partial charge in [0, 0.05) is 12.5 Å². The van der Waals surface area contributed by atoms with Crippen LogP contribution in [0.25, 0.3) is 4.91 Å². The Morgan fingerprint density at radius 1 is 1.00 bits per heavy atom. The van der Waals surface area contributed by atoms with E-state index in [-0.39, 0.29) is 27.5 Å². The van der Waals surface area contributed by atoms with Crippen molar-refractivity contribution in [3.05, 3.63) is 71.3 Å². The van der Waals surface area contributed by atoms with Gasteiger partial charge in [-0.15, -0.1) is 0 Å². The van der Waals surface area contributed by atoms with Gasteiger partial charge in [-0.25, -0.2) is 8.42 Å². The number of carbonyl (C=O) groups is 2. The number of hydrogen-bond donors (Lipinski definition) is 0. The van der Waals surface area contributed by atoms with E-state index in [1.54, 1.807) is 42.5 Å². The molecule has 0 unspecified atom stereocenters. The summed E-state index contributed by atoms with van der Waals surface area (Å²) in [4.78, 5) is 23.8. The number of fused-ring (bicyclic) bond motifs is 1.